The number of nitrogens with one attached hydrogen (secondary N) is 2. The largest absolute Gasteiger partial charge is 0.507 e. The molecule has 0 aliphatic carbocycles. The number of benzene rings is 3. The van der Waals surface area contributed by atoms with Crippen LogP contribution in [0.15, 0.2) is 71.6 Å². The Hall–Kier alpha value is -4.38. The average molecular weight is 467 g/mol. The van der Waals surface area contributed by atoms with Crippen LogP contribution >= 0.6 is 11.8 Å². The Labute approximate surface area is 191 Å². The fourth-order valence-corrected chi connectivity index (χ4v) is 3.49. The molecule has 0 unspecified atom stereocenters. The van der Waals surface area contributed by atoms with Crippen LogP contribution in [0, 0.1) is 10.1 Å². The standard InChI is InChI=1S/C22H17N3O7S/c26-19-9-6-15(11-18(19)22(29)30)23-20(27)12-33-17-3-1-2-14(10-17)24-21(28)13-4-7-16(8-5-13)25(31)32/h1-11,26H,12H2,(H,23,27)(H,24,28)(H,29,30). The molecule has 3 aromatic rings. The summed E-state index contributed by atoms with van der Waals surface area (Å²) < 4.78 is 0. The number of thioether (sulfide) groups is 1. The van der Waals surface area contributed by atoms with E-state index in [2.05, 4.69) is 10.6 Å². The number of non-ortho nitro benzene ring substituents is 1. The van der Waals surface area contributed by atoms with Crippen LogP contribution in [0.2, 0.25) is 0 Å². The number of hydrogen-bond acceptors (Lipinski definition) is 7. The lowest BCUT2D eigenvalue weighted by molar-refractivity contribution is -0.384. The van der Waals surface area contributed by atoms with Crippen LogP contribution in [0.25, 0.3) is 0 Å². The van der Waals surface area contributed by atoms with E-state index < -0.39 is 22.5 Å². The van der Waals surface area contributed by atoms with E-state index in [4.69, 9.17) is 5.11 Å². The van der Waals surface area contributed by atoms with Gasteiger partial charge in [-0.3, -0.25) is 19.7 Å². The highest BCUT2D eigenvalue weighted by Crippen LogP contribution is 2.24. The normalized spacial score (nSPS) is 10.3. The lowest BCUT2D eigenvalue weighted by atomic mass is 10.2. The number of aromatic hydroxyl groups is 1. The van der Waals surface area contributed by atoms with Crippen LogP contribution in [0.3, 0.4) is 0 Å². The Balaban J connectivity index is 1.58. The molecule has 0 aliphatic rings. The minimum absolute atomic E-state index is 0.0169. The summed E-state index contributed by atoms with van der Waals surface area (Å²) in [7, 11) is 0. The van der Waals surface area contributed by atoms with E-state index in [9.17, 15) is 29.6 Å². The number of carboxylic acids is 1. The van der Waals surface area contributed by atoms with Crippen molar-refractivity contribution >= 4 is 46.6 Å². The number of nitro groups is 1. The molecule has 0 saturated carbocycles. The first kappa shape index (κ1) is 23.3. The van der Waals surface area contributed by atoms with Gasteiger partial charge in [0.05, 0.1) is 10.7 Å². The topological polar surface area (TPSA) is 159 Å². The number of anilines is 2. The van der Waals surface area contributed by atoms with Crippen LogP contribution in [0.1, 0.15) is 20.7 Å². The number of carboxylic acid groups (broad SMARTS) is 1. The van der Waals surface area contributed by atoms with Gasteiger partial charge >= 0.3 is 5.97 Å². The molecule has 0 aliphatic heterocycles. The van der Waals surface area contributed by atoms with Gasteiger partial charge in [-0.1, -0.05) is 6.07 Å². The van der Waals surface area contributed by atoms with Crippen molar-refractivity contribution in [2.24, 2.45) is 0 Å². The molecule has 0 spiro atoms. The minimum atomic E-state index is -1.31. The summed E-state index contributed by atoms with van der Waals surface area (Å²) in [5.41, 5.74) is 0.535. The van der Waals surface area contributed by atoms with Gasteiger partial charge in [-0.2, -0.15) is 0 Å². The number of amides is 2. The number of aromatic carboxylic acids is 1. The lowest BCUT2D eigenvalue weighted by Gasteiger charge is -2.09. The first-order valence-electron chi connectivity index (χ1n) is 9.38. The van der Waals surface area contributed by atoms with Gasteiger partial charge in [-0.05, 0) is 48.5 Å². The Kier molecular flexibility index (Phi) is 7.26. The van der Waals surface area contributed by atoms with Crippen molar-refractivity contribution in [3.8, 4) is 5.75 Å². The molecule has 0 radical (unpaired) electrons. The number of carbonyl (C=O) groups excluding carboxylic acids is 2. The number of hydrogen-bond donors (Lipinski definition) is 4. The molecule has 168 valence electrons. The summed E-state index contributed by atoms with van der Waals surface area (Å²) in [4.78, 5) is 46.5. The molecular weight excluding hydrogens is 450 g/mol. The molecular formula is C22H17N3O7S. The fraction of sp³-hybridized carbons (Fsp3) is 0.0455. The third kappa shape index (κ3) is 6.31. The summed E-state index contributed by atoms with van der Waals surface area (Å²) in [5.74, 6) is -2.52. The molecule has 0 fully saturated rings. The van der Waals surface area contributed by atoms with Gasteiger partial charge in [-0.15, -0.1) is 11.8 Å². The molecule has 11 heteroatoms. The Morgan fingerprint density at radius 2 is 1.64 bits per heavy atom. The third-order valence-corrected chi connectivity index (χ3v) is 5.31. The molecule has 33 heavy (non-hydrogen) atoms. The van der Waals surface area contributed by atoms with Crippen molar-refractivity contribution in [2.45, 2.75) is 4.90 Å². The second-order valence-electron chi connectivity index (χ2n) is 6.66. The summed E-state index contributed by atoms with van der Waals surface area (Å²) in [6, 6.07) is 15.7. The lowest BCUT2D eigenvalue weighted by Crippen LogP contribution is -2.14. The van der Waals surface area contributed by atoms with Crippen molar-refractivity contribution in [1.29, 1.82) is 0 Å². The van der Waals surface area contributed by atoms with E-state index >= 15 is 0 Å². The zero-order valence-corrected chi connectivity index (χ0v) is 17.7. The van der Waals surface area contributed by atoms with E-state index in [-0.39, 0.29) is 34.2 Å². The van der Waals surface area contributed by atoms with Crippen LogP contribution in [-0.2, 0) is 4.79 Å². The SMILES string of the molecule is O=C(CSc1cccc(NC(=O)c2ccc([N+](=O)[O-])cc2)c1)Nc1ccc(O)c(C(=O)O)c1. The van der Waals surface area contributed by atoms with Crippen molar-refractivity contribution in [2.75, 3.05) is 16.4 Å². The summed E-state index contributed by atoms with van der Waals surface area (Å²) in [6.45, 7) is 0. The number of nitro benzene ring substituents is 1. The van der Waals surface area contributed by atoms with Crippen molar-refractivity contribution < 1.29 is 29.5 Å². The van der Waals surface area contributed by atoms with Gasteiger partial charge in [0.1, 0.15) is 11.3 Å². The number of carbonyl (C=O) groups is 3. The van der Waals surface area contributed by atoms with E-state index in [0.29, 0.717) is 10.6 Å². The Morgan fingerprint density at radius 1 is 0.939 bits per heavy atom. The van der Waals surface area contributed by atoms with Crippen LogP contribution in [-0.4, -0.2) is 38.7 Å². The fourth-order valence-electron chi connectivity index (χ4n) is 2.73. The maximum atomic E-state index is 12.4. The number of phenols is 1. The summed E-state index contributed by atoms with van der Waals surface area (Å²) in [5, 5.41) is 34.5. The van der Waals surface area contributed by atoms with Crippen LogP contribution in [0.5, 0.6) is 5.75 Å². The van der Waals surface area contributed by atoms with Gasteiger partial charge in [0.15, 0.2) is 0 Å². The summed E-state index contributed by atoms with van der Waals surface area (Å²) in [6.07, 6.45) is 0. The second-order valence-corrected chi connectivity index (χ2v) is 7.71. The number of rotatable bonds is 8. The smallest absolute Gasteiger partial charge is 0.339 e. The third-order valence-electron chi connectivity index (χ3n) is 4.31. The zero-order valence-electron chi connectivity index (χ0n) is 16.8. The molecule has 3 aromatic carbocycles. The van der Waals surface area contributed by atoms with E-state index in [1.807, 2.05) is 0 Å². The predicted octanol–water partition coefficient (Wildman–Crippen LogP) is 3.98. The highest BCUT2D eigenvalue weighted by atomic mass is 32.2. The highest BCUT2D eigenvalue weighted by molar-refractivity contribution is 8.00. The second kappa shape index (κ2) is 10.3. The first-order valence-corrected chi connectivity index (χ1v) is 10.4. The van der Waals surface area contributed by atoms with Crippen LogP contribution < -0.4 is 10.6 Å². The number of nitrogens with zero attached hydrogens (tertiary/aromatic N) is 1. The van der Waals surface area contributed by atoms with Crippen molar-refractivity contribution in [1.82, 2.24) is 0 Å². The van der Waals surface area contributed by atoms with Gasteiger partial charge in [0.25, 0.3) is 11.6 Å². The van der Waals surface area contributed by atoms with Gasteiger partial charge in [-0.25, -0.2) is 4.79 Å². The zero-order chi connectivity index (χ0) is 24.0. The van der Waals surface area contributed by atoms with E-state index in [1.54, 1.807) is 24.3 Å². The Morgan fingerprint density at radius 3 is 2.30 bits per heavy atom. The average Bonchev–Trinajstić information content (AvgIpc) is 2.79. The monoisotopic (exact) mass is 467 g/mol. The molecule has 0 atom stereocenters. The predicted molar refractivity (Wildman–Crippen MR) is 122 cm³/mol. The maximum absolute atomic E-state index is 12.4. The van der Waals surface area contributed by atoms with E-state index in [1.165, 1.54) is 48.2 Å². The van der Waals surface area contributed by atoms with E-state index in [0.717, 1.165) is 6.07 Å². The summed E-state index contributed by atoms with van der Waals surface area (Å²) >= 11 is 1.20. The maximum Gasteiger partial charge on any atom is 0.339 e. The molecule has 0 heterocycles. The quantitative estimate of drug-likeness (QED) is 0.168. The molecule has 0 saturated heterocycles. The van der Waals surface area contributed by atoms with Gasteiger partial charge < -0.3 is 20.8 Å². The molecule has 4 N–H and O–H groups in total. The minimum Gasteiger partial charge on any atom is -0.507 e. The Bertz CT molecular complexity index is 1230. The van der Waals surface area contributed by atoms with Crippen molar-refractivity contribution in [3.05, 3.63) is 88.0 Å². The van der Waals surface area contributed by atoms with Crippen LogP contribution in [0.4, 0.5) is 17.1 Å². The first-order chi connectivity index (χ1) is 15.7. The van der Waals surface area contributed by atoms with Gasteiger partial charge in [0, 0.05) is 34.0 Å². The molecule has 3 rings (SSSR count). The highest BCUT2D eigenvalue weighted by Gasteiger charge is 2.13. The molecule has 10 nitrogen and oxygen atoms in total. The van der Waals surface area contributed by atoms with Gasteiger partial charge in [0.2, 0.25) is 5.91 Å². The van der Waals surface area contributed by atoms with Crippen molar-refractivity contribution in [3.63, 3.8) is 0 Å². The molecule has 0 aromatic heterocycles. The molecule has 2 amide bonds. The molecule has 0 bridgehead atoms.